The molecule has 0 saturated carbocycles. The fourth-order valence-electron chi connectivity index (χ4n) is 2.77. The van der Waals surface area contributed by atoms with E-state index < -0.39 is 0 Å². The van der Waals surface area contributed by atoms with E-state index in [4.69, 9.17) is 0 Å². The lowest BCUT2D eigenvalue weighted by molar-refractivity contribution is -0.136. The van der Waals surface area contributed by atoms with Gasteiger partial charge in [0, 0.05) is 12.1 Å². The van der Waals surface area contributed by atoms with Gasteiger partial charge >= 0.3 is 0 Å². The fraction of sp³-hybridized carbons (Fsp3) is 0.533. The lowest BCUT2D eigenvalue weighted by Gasteiger charge is -2.39. The second-order valence-corrected chi connectivity index (χ2v) is 5.09. The number of hydrogen-bond donors (Lipinski definition) is 0. The van der Waals surface area contributed by atoms with Crippen LogP contribution in [0.2, 0.25) is 0 Å². The van der Waals surface area contributed by atoms with E-state index in [0.29, 0.717) is 18.5 Å². The molecule has 17 heavy (non-hydrogen) atoms. The van der Waals surface area contributed by atoms with Crippen molar-refractivity contribution in [1.82, 2.24) is 4.90 Å². The molecule has 0 aromatic heterocycles. The number of nitrogens with zero attached hydrogens (tertiary/aromatic N) is 1. The molecular formula is C15H21NO. The van der Waals surface area contributed by atoms with Gasteiger partial charge in [0.2, 0.25) is 5.91 Å². The van der Waals surface area contributed by atoms with Crippen LogP contribution < -0.4 is 0 Å². The predicted octanol–water partition coefficient (Wildman–Crippen LogP) is 3.02. The highest BCUT2D eigenvalue weighted by Crippen LogP contribution is 2.23. The average Bonchev–Trinajstić information content (AvgIpc) is 2.30. The molecule has 1 amide bonds. The standard InChI is InChI=1S/C15H21NO/c1-12-7-6-8-13(2)16(12)15(17)11-14-9-4-3-5-10-14/h3-5,9-10,12-13H,6-8,11H2,1-2H3/t12-,13+. The van der Waals surface area contributed by atoms with Crippen molar-refractivity contribution in [2.75, 3.05) is 0 Å². The first-order chi connectivity index (χ1) is 8.18. The van der Waals surface area contributed by atoms with Gasteiger partial charge in [0.25, 0.3) is 0 Å². The molecule has 1 aromatic carbocycles. The fourth-order valence-corrected chi connectivity index (χ4v) is 2.77. The third-order valence-electron chi connectivity index (χ3n) is 3.68. The smallest absolute Gasteiger partial charge is 0.227 e. The van der Waals surface area contributed by atoms with Crippen molar-refractivity contribution in [3.05, 3.63) is 35.9 Å². The summed E-state index contributed by atoms with van der Waals surface area (Å²) >= 11 is 0. The molecule has 0 spiro atoms. The summed E-state index contributed by atoms with van der Waals surface area (Å²) in [6, 6.07) is 10.8. The number of likely N-dealkylation sites (tertiary alicyclic amines) is 1. The number of amides is 1. The van der Waals surface area contributed by atoms with Crippen LogP contribution >= 0.6 is 0 Å². The summed E-state index contributed by atoms with van der Waals surface area (Å²) in [6.45, 7) is 4.33. The third-order valence-corrected chi connectivity index (χ3v) is 3.68. The van der Waals surface area contributed by atoms with E-state index in [9.17, 15) is 4.79 Å². The van der Waals surface area contributed by atoms with Crippen molar-refractivity contribution in [1.29, 1.82) is 0 Å². The Kier molecular flexibility index (Phi) is 3.82. The van der Waals surface area contributed by atoms with Crippen molar-refractivity contribution in [2.24, 2.45) is 0 Å². The van der Waals surface area contributed by atoms with E-state index in [-0.39, 0.29) is 5.91 Å². The molecule has 1 fully saturated rings. The predicted molar refractivity (Wildman–Crippen MR) is 69.8 cm³/mol. The minimum absolute atomic E-state index is 0.274. The van der Waals surface area contributed by atoms with Crippen molar-refractivity contribution in [2.45, 2.75) is 51.6 Å². The van der Waals surface area contributed by atoms with E-state index in [1.165, 1.54) is 6.42 Å². The molecular weight excluding hydrogens is 210 g/mol. The number of benzene rings is 1. The van der Waals surface area contributed by atoms with Crippen LogP contribution in [0.3, 0.4) is 0 Å². The molecule has 0 bridgehead atoms. The normalized spacial score (nSPS) is 24.7. The Balaban J connectivity index is 2.04. The maximum absolute atomic E-state index is 12.3. The van der Waals surface area contributed by atoms with Crippen LogP contribution in [0.4, 0.5) is 0 Å². The summed E-state index contributed by atoms with van der Waals surface area (Å²) in [6.07, 6.45) is 4.07. The Hall–Kier alpha value is -1.31. The van der Waals surface area contributed by atoms with Gasteiger partial charge in [-0.25, -0.2) is 0 Å². The molecule has 1 aliphatic heterocycles. The Bertz CT molecular complexity index is 364. The minimum Gasteiger partial charge on any atom is -0.337 e. The summed E-state index contributed by atoms with van der Waals surface area (Å²) in [5.41, 5.74) is 1.11. The first-order valence-electron chi connectivity index (χ1n) is 6.53. The molecule has 1 aromatic rings. The largest absolute Gasteiger partial charge is 0.337 e. The van der Waals surface area contributed by atoms with E-state index in [0.717, 1.165) is 18.4 Å². The van der Waals surface area contributed by atoms with Crippen LogP contribution in [-0.4, -0.2) is 22.9 Å². The summed E-state index contributed by atoms with van der Waals surface area (Å²) in [5, 5.41) is 0. The molecule has 2 nitrogen and oxygen atoms in total. The average molecular weight is 231 g/mol. The first kappa shape index (κ1) is 12.2. The minimum atomic E-state index is 0.274. The molecule has 92 valence electrons. The molecule has 2 heteroatoms. The molecule has 1 aliphatic rings. The molecule has 2 atom stereocenters. The van der Waals surface area contributed by atoms with Gasteiger partial charge in [-0.1, -0.05) is 30.3 Å². The van der Waals surface area contributed by atoms with Gasteiger partial charge < -0.3 is 4.90 Å². The Morgan fingerprint density at radius 1 is 1.18 bits per heavy atom. The quantitative estimate of drug-likeness (QED) is 0.766. The zero-order chi connectivity index (χ0) is 12.3. The highest BCUT2D eigenvalue weighted by molar-refractivity contribution is 5.79. The summed E-state index contributed by atoms with van der Waals surface area (Å²) < 4.78 is 0. The van der Waals surface area contributed by atoms with Crippen molar-refractivity contribution >= 4 is 5.91 Å². The molecule has 1 saturated heterocycles. The first-order valence-corrected chi connectivity index (χ1v) is 6.53. The van der Waals surface area contributed by atoms with Crippen LogP contribution in [0.5, 0.6) is 0 Å². The van der Waals surface area contributed by atoms with Gasteiger partial charge in [-0.05, 0) is 38.7 Å². The van der Waals surface area contributed by atoms with Gasteiger partial charge in [-0.3, -0.25) is 4.79 Å². The SMILES string of the molecule is C[C@@H]1CCC[C@H](C)N1C(=O)Cc1ccccc1. The van der Waals surface area contributed by atoms with E-state index in [1.54, 1.807) is 0 Å². The van der Waals surface area contributed by atoms with Gasteiger partial charge in [0.1, 0.15) is 0 Å². The number of carbonyl (C=O) groups excluding carboxylic acids is 1. The number of carbonyl (C=O) groups is 1. The topological polar surface area (TPSA) is 20.3 Å². The molecule has 0 unspecified atom stereocenters. The second kappa shape index (κ2) is 5.35. The highest BCUT2D eigenvalue weighted by atomic mass is 16.2. The van der Waals surface area contributed by atoms with Gasteiger partial charge in [0.15, 0.2) is 0 Å². The molecule has 2 rings (SSSR count). The van der Waals surface area contributed by atoms with Crippen molar-refractivity contribution in [3.63, 3.8) is 0 Å². The summed E-state index contributed by atoms with van der Waals surface area (Å²) in [4.78, 5) is 14.4. The van der Waals surface area contributed by atoms with Crippen LogP contribution in [0.25, 0.3) is 0 Å². The lowest BCUT2D eigenvalue weighted by Crippen LogP contribution is -2.48. The summed E-state index contributed by atoms with van der Waals surface area (Å²) in [5.74, 6) is 0.274. The van der Waals surface area contributed by atoms with E-state index in [1.807, 2.05) is 30.3 Å². The van der Waals surface area contributed by atoms with Gasteiger partial charge in [-0.2, -0.15) is 0 Å². The maximum Gasteiger partial charge on any atom is 0.227 e. The van der Waals surface area contributed by atoms with E-state index >= 15 is 0 Å². The Morgan fingerprint density at radius 3 is 2.35 bits per heavy atom. The molecule has 0 aliphatic carbocycles. The van der Waals surface area contributed by atoms with Crippen LogP contribution in [-0.2, 0) is 11.2 Å². The third kappa shape index (κ3) is 2.87. The zero-order valence-corrected chi connectivity index (χ0v) is 10.7. The second-order valence-electron chi connectivity index (χ2n) is 5.09. The monoisotopic (exact) mass is 231 g/mol. The number of piperidine rings is 1. The van der Waals surface area contributed by atoms with Crippen molar-refractivity contribution in [3.8, 4) is 0 Å². The number of hydrogen-bond acceptors (Lipinski definition) is 1. The van der Waals surface area contributed by atoms with Crippen molar-refractivity contribution < 1.29 is 4.79 Å². The van der Waals surface area contributed by atoms with Gasteiger partial charge in [-0.15, -0.1) is 0 Å². The number of rotatable bonds is 2. The van der Waals surface area contributed by atoms with Gasteiger partial charge in [0.05, 0.1) is 6.42 Å². The lowest BCUT2D eigenvalue weighted by atomic mass is 9.96. The van der Waals surface area contributed by atoms with Crippen LogP contribution in [0.1, 0.15) is 38.7 Å². The summed E-state index contributed by atoms with van der Waals surface area (Å²) in [7, 11) is 0. The van der Waals surface area contributed by atoms with Crippen LogP contribution in [0, 0.1) is 0 Å². The maximum atomic E-state index is 12.3. The Morgan fingerprint density at radius 2 is 1.76 bits per heavy atom. The Labute approximate surface area is 104 Å². The molecule has 0 N–H and O–H groups in total. The van der Waals surface area contributed by atoms with E-state index in [2.05, 4.69) is 18.7 Å². The molecule has 1 heterocycles. The van der Waals surface area contributed by atoms with Crippen LogP contribution in [0.15, 0.2) is 30.3 Å². The highest BCUT2D eigenvalue weighted by Gasteiger charge is 2.28. The zero-order valence-electron chi connectivity index (χ0n) is 10.7. The molecule has 0 radical (unpaired) electrons.